The van der Waals surface area contributed by atoms with E-state index in [1.54, 1.807) is 25.1 Å². The molecule has 0 aliphatic rings. The summed E-state index contributed by atoms with van der Waals surface area (Å²) in [7, 11) is 0. The maximum Gasteiger partial charge on any atom is 0.262 e. The molecule has 6 nitrogen and oxygen atoms in total. The van der Waals surface area contributed by atoms with Crippen LogP contribution in [-0.2, 0) is 4.79 Å². The van der Waals surface area contributed by atoms with Crippen LogP contribution in [-0.4, -0.2) is 28.3 Å². The highest BCUT2D eigenvalue weighted by Crippen LogP contribution is 2.25. The van der Waals surface area contributed by atoms with Crippen LogP contribution in [0.5, 0.6) is 5.75 Å². The zero-order valence-corrected chi connectivity index (χ0v) is 15.6. The SMILES string of the molecule is C[C@@H](Nc1nc2ccccc2s1)C(=O)N/N=C\c1cc(Br)ccc1O. The van der Waals surface area contributed by atoms with E-state index in [-0.39, 0.29) is 11.7 Å². The molecular weight excluding hydrogens is 404 g/mol. The van der Waals surface area contributed by atoms with Crippen LogP contribution in [0.25, 0.3) is 10.2 Å². The van der Waals surface area contributed by atoms with Crippen molar-refractivity contribution in [1.29, 1.82) is 0 Å². The van der Waals surface area contributed by atoms with Crippen LogP contribution in [0.4, 0.5) is 5.13 Å². The van der Waals surface area contributed by atoms with Crippen molar-refractivity contribution in [3.63, 3.8) is 0 Å². The predicted octanol–water partition coefficient (Wildman–Crippen LogP) is 3.72. The number of hydrazone groups is 1. The highest BCUT2D eigenvalue weighted by molar-refractivity contribution is 9.10. The van der Waals surface area contributed by atoms with Crippen molar-refractivity contribution < 1.29 is 9.90 Å². The van der Waals surface area contributed by atoms with Gasteiger partial charge in [0.1, 0.15) is 11.8 Å². The summed E-state index contributed by atoms with van der Waals surface area (Å²) in [6, 6.07) is 12.2. The van der Waals surface area contributed by atoms with Crippen molar-refractivity contribution in [2.24, 2.45) is 5.10 Å². The Bertz CT molecular complexity index is 908. The average Bonchev–Trinajstić information content (AvgIpc) is 3.00. The average molecular weight is 419 g/mol. The number of para-hydroxylation sites is 1. The second kappa shape index (κ2) is 7.62. The van der Waals surface area contributed by atoms with Gasteiger partial charge in [-0.15, -0.1) is 0 Å². The zero-order valence-electron chi connectivity index (χ0n) is 13.2. The van der Waals surface area contributed by atoms with Crippen LogP contribution in [0.2, 0.25) is 0 Å². The number of thiazole rings is 1. The number of anilines is 1. The number of hydrogen-bond donors (Lipinski definition) is 3. The van der Waals surface area contributed by atoms with Gasteiger partial charge < -0.3 is 10.4 Å². The number of phenols is 1. The summed E-state index contributed by atoms with van der Waals surface area (Å²) in [5.41, 5.74) is 3.85. The molecule has 0 saturated heterocycles. The molecule has 0 fully saturated rings. The number of amides is 1. The first-order valence-electron chi connectivity index (χ1n) is 7.46. The minimum atomic E-state index is -0.506. The van der Waals surface area contributed by atoms with E-state index in [4.69, 9.17) is 0 Å². The fourth-order valence-corrected chi connectivity index (χ4v) is 3.41. The zero-order chi connectivity index (χ0) is 17.8. The molecule has 1 heterocycles. The molecular formula is C17H15BrN4O2S. The van der Waals surface area contributed by atoms with E-state index in [9.17, 15) is 9.90 Å². The first-order valence-corrected chi connectivity index (χ1v) is 9.07. The van der Waals surface area contributed by atoms with Crippen LogP contribution in [0, 0.1) is 0 Å². The molecule has 2 aromatic carbocycles. The van der Waals surface area contributed by atoms with Crippen molar-refractivity contribution in [2.45, 2.75) is 13.0 Å². The van der Waals surface area contributed by atoms with Crippen molar-refractivity contribution in [3.05, 3.63) is 52.5 Å². The van der Waals surface area contributed by atoms with Gasteiger partial charge >= 0.3 is 0 Å². The number of aromatic nitrogens is 1. The molecule has 0 aliphatic heterocycles. The molecule has 0 radical (unpaired) electrons. The summed E-state index contributed by atoms with van der Waals surface area (Å²) in [6.45, 7) is 1.73. The van der Waals surface area contributed by atoms with Gasteiger partial charge in [0.15, 0.2) is 5.13 Å². The number of carbonyl (C=O) groups is 1. The molecule has 8 heteroatoms. The molecule has 0 unspecified atom stereocenters. The smallest absolute Gasteiger partial charge is 0.262 e. The molecule has 0 saturated carbocycles. The van der Waals surface area contributed by atoms with Gasteiger partial charge in [0, 0.05) is 10.0 Å². The summed E-state index contributed by atoms with van der Waals surface area (Å²) < 4.78 is 1.87. The quantitative estimate of drug-likeness (QED) is 0.435. The third-order valence-electron chi connectivity index (χ3n) is 3.40. The minimum Gasteiger partial charge on any atom is -0.507 e. The van der Waals surface area contributed by atoms with E-state index in [0.29, 0.717) is 10.7 Å². The Morgan fingerprint density at radius 2 is 2.16 bits per heavy atom. The van der Waals surface area contributed by atoms with Gasteiger partial charge in [0.25, 0.3) is 5.91 Å². The van der Waals surface area contributed by atoms with Gasteiger partial charge in [0.2, 0.25) is 0 Å². The van der Waals surface area contributed by atoms with E-state index in [0.717, 1.165) is 14.7 Å². The number of carbonyl (C=O) groups excluding carboxylic acids is 1. The molecule has 128 valence electrons. The number of aromatic hydroxyl groups is 1. The van der Waals surface area contributed by atoms with Crippen molar-refractivity contribution in [1.82, 2.24) is 10.4 Å². The van der Waals surface area contributed by atoms with Gasteiger partial charge in [-0.2, -0.15) is 5.10 Å². The van der Waals surface area contributed by atoms with Crippen LogP contribution in [0.15, 0.2) is 52.0 Å². The van der Waals surface area contributed by atoms with E-state index in [1.165, 1.54) is 17.6 Å². The Hall–Kier alpha value is -2.45. The fraction of sp³-hybridized carbons (Fsp3) is 0.118. The summed E-state index contributed by atoms with van der Waals surface area (Å²) >= 11 is 4.80. The van der Waals surface area contributed by atoms with E-state index in [2.05, 4.69) is 36.8 Å². The number of fused-ring (bicyclic) bond motifs is 1. The van der Waals surface area contributed by atoms with Crippen LogP contribution in [0.1, 0.15) is 12.5 Å². The molecule has 1 amide bonds. The molecule has 1 atom stereocenters. The van der Waals surface area contributed by atoms with Gasteiger partial charge in [-0.3, -0.25) is 4.79 Å². The molecule has 1 aromatic heterocycles. The lowest BCUT2D eigenvalue weighted by atomic mass is 10.2. The van der Waals surface area contributed by atoms with Crippen molar-refractivity contribution >= 4 is 54.7 Å². The largest absolute Gasteiger partial charge is 0.507 e. The number of halogens is 1. The summed E-state index contributed by atoms with van der Waals surface area (Å²) in [5.74, 6) is -0.216. The first-order chi connectivity index (χ1) is 12.0. The molecule has 0 aliphatic carbocycles. The van der Waals surface area contributed by atoms with Gasteiger partial charge in [0.05, 0.1) is 16.4 Å². The summed E-state index contributed by atoms with van der Waals surface area (Å²) in [4.78, 5) is 16.6. The topological polar surface area (TPSA) is 86.6 Å². The lowest BCUT2D eigenvalue weighted by Crippen LogP contribution is -2.34. The van der Waals surface area contributed by atoms with Gasteiger partial charge in [-0.05, 0) is 37.3 Å². The highest BCUT2D eigenvalue weighted by Gasteiger charge is 2.14. The minimum absolute atomic E-state index is 0.0850. The molecule has 25 heavy (non-hydrogen) atoms. The van der Waals surface area contributed by atoms with E-state index < -0.39 is 6.04 Å². The van der Waals surface area contributed by atoms with E-state index >= 15 is 0 Å². The van der Waals surface area contributed by atoms with Crippen LogP contribution in [0.3, 0.4) is 0 Å². The maximum atomic E-state index is 12.1. The number of hydrogen-bond acceptors (Lipinski definition) is 6. The lowest BCUT2D eigenvalue weighted by molar-refractivity contribution is -0.121. The van der Waals surface area contributed by atoms with Gasteiger partial charge in [-0.1, -0.05) is 39.4 Å². The Kier molecular flexibility index (Phi) is 5.30. The Balaban J connectivity index is 1.60. The fourth-order valence-electron chi connectivity index (χ4n) is 2.08. The molecule has 0 bridgehead atoms. The summed E-state index contributed by atoms with van der Waals surface area (Å²) in [5, 5.41) is 17.4. The molecule has 3 N–H and O–H groups in total. The number of phenolic OH excluding ortho intramolecular Hbond substituents is 1. The number of nitrogens with one attached hydrogen (secondary N) is 2. The number of rotatable bonds is 5. The van der Waals surface area contributed by atoms with Crippen molar-refractivity contribution in [2.75, 3.05) is 5.32 Å². The third-order valence-corrected chi connectivity index (χ3v) is 4.86. The number of nitrogens with zero attached hydrogens (tertiary/aromatic N) is 2. The molecule has 3 rings (SSSR count). The molecule has 0 spiro atoms. The van der Waals surface area contributed by atoms with Crippen LogP contribution < -0.4 is 10.7 Å². The first kappa shape index (κ1) is 17.4. The highest BCUT2D eigenvalue weighted by atomic mass is 79.9. The van der Waals surface area contributed by atoms with Crippen LogP contribution >= 0.6 is 27.3 Å². The second-order valence-electron chi connectivity index (χ2n) is 5.29. The Morgan fingerprint density at radius 1 is 1.36 bits per heavy atom. The second-order valence-corrected chi connectivity index (χ2v) is 7.24. The number of benzene rings is 2. The monoisotopic (exact) mass is 418 g/mol. The third kappa shape index (κ3) is 4.34. The Labute approximate surface area is 156 Å². The standard InChI is InChI=1S/C17H15BrN4O2S/c1-10(20-17-21-13-4-2-3-5-15(13)25-17)16(24)22-19-9-11-8-12(18)6-7-14(11)23/h2-10,23H,1H3,(H,20,21)(H,22,24)/b19-9-/t10-/m1/s1. The maximum absolute atomic E-state index is 12.1. The lowest BCUT2D eigenvalue weighted by Gasteiger charge is -2.10. The summed E-state index contributed by atoms with van der Waals surface area (Å²) in [6.07, 6.45) is 1.39. The van der Waals surface area contributed by atoms with E-state index in [1.807, 2.05) is 24.3 Å². The van der Waals surface area contributed by atoms with Crippen molar-refractivity contribution in [3.8, 4) is 5.75 Å². The predicted molar refractivity (Wildman–Crippen MR) is 104 cm³/mol. The molecule has 3 aromatic rings. The normalized spacial score (nSPS) is 12.4. The van der Waals surface area contributed by atoms with Gasteiger partial charge in [-0.25, -0.2) is 10.4 Å². The Morgan fingerprint density at radius 3 is 2.96 bits per heavy atom.